The normalized spacial score (nSPS) is 12.4. The van der Waals surface area contributed by atoms with Gasteiger partial charge < -0.3 is 0 Å². The number of rotatable bonds is 3. The second-order valence-corrected chi connectivity index (χ2v) is 7.03. The van der Waals surface area contributed by atoms with Crippen molar-refractivity contribution in [2.24, 2.45) is 10.9 Å². The highest BCUT2D eigenvalue weighted by atomic mass is 14.8. The Morgan fingerprint density at radius 1 is 0.769 bits per heavy atom. The van der Waals surface area contributed by atoms with E-state index in [4.69, 9.17) is 0 Å². The Hall–Kier alpha value is -2.36. The number of allylic oxidation sites excluding steroid dienone is 2. The van der Waals surface area contributed by atoms with Crippen molar-refractivity contribution < 1.29 is 0 Å². The fourth-order valence-corrected chi connectivity index (χ4v) is 2.10. The van der Waals surface area contributed by atoms with Gasteiger partial charge in [0.2, 0.25) is 0 Å². The molecule has 0 spiro atoms. The Kier molecular flexibility index (Phi) is 10.1. The average Bonchev–Trinajstić information content (AvgIpc) is 3.19. The fraction of sp³-hybridized carbons (Fsp3) is 0.455. The van der Waals surface area contributed by atoms with Gasteiger partial charge in [-0.1, -0.05) is 53.7 Å². The van der Waals surface area contributed by atoms with E-state index in [0.717, 1.165) is 17.8 Å². The zero-order valence-electron chi connectivity index (χ0n) is 16.9. The van der Waals surface area contributed by atoms with Gasteiger partial charge in [-0.05, 0) is 29.9 Å². The molecular formula is C22H32N4. The molecule has 2 aromatic rings. The van der Waals surface area contributed by atoms with Crippen LogP contribution in [-0.4, -0.2) is 21.2 Å². The Morgan fingerprint density at radius 2 is 1.46 bits per heavy atom. The van der Waals surface area contributed by atoms with Crippen LogP contribution in [0.4, 0.5) is 0 Å². The quantitative estimate of drug-likeness (QED) is 0.701. The molecule has 0 amide bonds. The smallest absolute Gasteiger partial charge is 0.0612 e. The Labute approximate surface area is 158 Å². The molecule has 1 aliphatic rings. The van der Waals surface area contributed by atoms with E-state index >= 15 is 0 Å². The summed E-state index contributed by atoms with van der Waals surface area (Å²) in [6.45, 7) is 12.8. The summed E-state index contributed by atoms with van der Waals surface area (Å²) >= 11 is 0. The van der Waals surface area contributed by atoms with Gasteiger partial charge in [0.1, 0.15) is 0 Å². The molecule has 0 radical (unpaired) electrons. The molecule has 0 saturated heterocycles. The molecule has 0 bridgehead atoms. The van der Waals surface area contributed by atoms with Crippen LogP contribution in [0.25, 0.3) is 0 Å². The maximum absolute atomic E-state index is 4.18. The molecule has 0 fully saturated rings. The summed E-state index contributed by atoms with van der Waals surface area (Å²) in [4.78, 5) is 16.4. The summed E-state index contributed by atoms with van der Waals surface area (Å²) in [5.41, 5.74) is 3.46. The van der Waals surface area contributed by atoms with Crippen molar-refractivity contribution in [1.29, 1.82) is 0 Å². The van der Waals surface area contributed by atoms with Gasteiger partial charge in [0.05, 0.1) is 5.69 Å². The van der Waals surface area contributed by atoms with Gasteiger partial charge in [-0.25, -0.2) is 0 Å². The van der Waals surface area contributed by atoms with Crippen LogP contribution < -0.4 is 0 Å². The first kappa shape index (κ1) is 21.7. The van der Waals surface area contributed by atoms with Crippen LogP contribution >= 0.6 is 0 Å². The Morgan fingerprint density at radius 3 is 1.77 bits per heavy atom. The van der Waals surface area contributed by atoms with Crippen LogP contribution in [0.3, 0.4) is 0 Å². The van der Waals surface area contributed by atoms with E-state index in [-0.39, 0.29) is 0 Å². The molecule has 2 aromatic heterocycles. The minimum Gasteiger partial charge on any atom is -0.265 e. The van der Waals surface area contributed by atoms with Crippen molar-refractivity contribution in [3.05, 3.63) is 66.1 Å². The van der Waals surface area contributed by atoms with Gasteiger partial charge >= 0.3 is 0 Å². The van der Waals surface area contributed by atoms with E-state index in [1.807, 2.05) is 30.6 Å². The topological polar surface area (TPSA) is 51.0 Å². The SMILES string of the molecule is CC(C)C1=CCC=N1.CC(C)c1ccccn1.CC(C)c1cnccn1. The molecule has 3 heterocycles. The lowest BCUT2D eigenvalue weighted by atomic mass is 10.1. The predicted octanol–water partition coefficient (Wildman–Crippen LogP) is 5.81. The third-order valence-corrected chi connectivity index (χ3v) is 3.72. The first-order valence-corrected chi connectivity index (χ1v) is 9.31. The number of hydrogen-bond acceptors (Lipinski definition) is 4. The van der Waals surface area contributed by atoms with Crippen LogP contribution in [0.2, 0.25) is 0 Å². The van der Waals surface area contributed by atoms with E-state index in [1.165, 1.54) is 5.70 Å². The Balaban J connectivity index is 0.000000195. The largest absolute Gasteiger partial charge is 0.265 e. The molecule has 0 saturated carbocycles. The summed E-state index contributed by atoms with van der Waals surface area (Å²) in [6.07, 6.45) is 12.2. The number of aliphatic imine (C=N–C) groups is 1. The highest BCUT2D eigenvalue weighted by Crippen LogP contribution is 2.14. The Bertz CT molecular complexity index is 616. The maximum Gasteiger partial charge on any atom is 0.0612 e. The number of pyridine rings is 1. The third kappa shape index (κ3) is 8.65. The lowest BCUT2D eigenvalue weighted by Crippen LogP contribution is -1.91. The molecule has 26 heavy (non-hydrogen) atoms. The second kappa shape index (κ2) is 12.1. The van der Waals surface area contributed by atoms with Crippen LogP contribution in [0.15, 0.2) is 59.8 Å². The summed E-state index contributed by atoms with van der Waals surface area (Å²) in [6, 6.07) is 6.00. The summed E-state index contributed by atoms with van der Waals surface area (Å²) in [5, 5.41) is 0. The zero-order valence-corrected chi connectivity index (χ0v) is 16.9. The highest BCUT2D eigenvalue weighted by molar-refractivity contribution is 5.64. The van der Waals surface area contributed by atoms with Crippen molar-refractivity contribution in [2.45, 2.75) is 59.8 Å². The molecule has 0 N–H and O–H groups in total. The molecule has 4 nitrogen and oxygen atoms in total. The van der Waals surface area contributed by atoms with E-state index in [1.54, 1.807) is 18.6 Å². The van der Waals surface area contributed by atoms with E-state index < -0.39 is 0 Å². The molecule has 0 atom stereocenters. The minimum atomic E-state index is 0.485. The number of nitrogens with zero attached hydrogens (tertiary/aromatic N) is 4. The molecule has 0 unspecified atom stereocenters. The average molecular weight is 353 g/mol. The molecule has 1 aliphatic heterocycles. The summed E-state index contributed by atoms with van der Waals surface area (Å²) in [5.74, 6) is 1.64. The lowest BCUT2D eigenvalue weighted by molar-refractivity contribution is 0.761. The van der Waals surface area contributed by atoms with Gasteiger partial charge in [-0.15, -0.1) is 0 Å². The molecular weight excluding hydrogens is 320 g/mol. The number of aromatic nitrogens is 3. The highest BCUT2D eigenvalue weighted by Gasteiger charge is 2.02. The number of hydrogen-bond donors (Lipinski definition) is 0. The zero-order chi connectivity index (χ0) is 19.4. The standard InChI is InChI=1S/C8H11N.C7H10N2.C7H11N/c1-7(2)8-5-3-4-6-9-8;1-6(2)7-5-8-3-4-9-7;1-6(2)7-4-3-5-8-7/h3-7H,1-2H3;3-6H,1-2H3;4-6H,3H2,1-2H3. The fourth-order valence-electron chi connectivity index (χ4n) is 2.10. The van der Waals surface area contributed by atoms with Gasteiger partial charge in [-0.3, -0.25) is 19.9 Å². The molecule has 0 aliphatic carbocycles. The molecule has 0 aromatic carbocycles. The first-order chi connectivity index (χ1) is 12.4. The third-order valence-electron chi connectivity index (χ3n) is 3.72. The molecule has 3 rings (SSSR count). The van der Waals surface area contributed by atoms with Gasteiger partial charge in [0, 0.05) is 48.8 Å². The monoisotopic (exact) mass is 352 g/mol. The van der Waals surface area contributed by atoms with Crippen LogP contribution in [0.5, 0.6) is 0 Å². The maximum atomic E-state index is 4.18. The van der Waals surface area contributed by atoms with Crippen molar-refractivity contribution in [3.8, 4) is 0 Å². The predicted molar refractivity (Wildman–Crippen MR) is 110 cm³/mol. The lowest BCUT2D eigenvalue weighted by Gasteiger charge is -2.00. The van der Waals surface area contributed by atoms with Crippen molar-refractivity contribution in [1.82, 2.24) is 15.0 Å². The van der Waals surface area contributed by atoms with Gasteiger partial charge in [-0.2, -0.15) is 0 Å². The van der Waals surface area contributed by atoms with Gasteiger partial charge in [0.15, 0.2) is 0 Å². The van der Waals surface area contributed by atoms with E-state index in [0.29, 0.717) is 17.8 Å². The van der Waals surface area contributed by atoms with Crippen LogP contribution in [-0.2, 0) is 0 Å². The molecule has 140 valence electrons. The van der Waals surface area contributed by atoms with E-state index in [9.17, 15) is 0 Å². The van der Waals surface area contributed by atoms with E-state index in [2.05, 4.69) is 67.6 Å². The summed E-state index contributed by atoms with van der Waals surface area (Å²) in [7, 11) is 0. The second-order valence-electron chi connectivity index (χ2n) is 7.03. The minimum absolute atomic E-state index is 0.485. The van der Waals surface area contributed by atoms with Crippen molar-refractivity contribution >= 4 is 6.21 Å². The molecule has 4 heteroatoms. The van der Waals surface area contributed by atoms with Crippen molar-refractivity contribution in [3.63, 3.8) is 0 Å². The van der Waals surface area contributed by atoms with Crippen molar-refractivity contribution in [2.75, 3.05) is 0 Å². The van der Waals surface area contributed by atoms with Crippen LogP contribution in [0.1, 0.15) is 71.2 Å². The first-order valence-electron chi connectivity index (χ1n) is 9.31. The van der Waals surface area contributed by atoms with Gasteiger partial charge in [0.25, 0.3) is 0 Å². The summed E-state index contributed by atoms with van der Waals surface area (Å²) < 4.78 is 0. The van der Waals surface area contributed by atoms with Crippen LogP contribution in [0, 0.1) is 5.92 Å².